The van der Waals surface area contributed by atoms with E-state index in [0.29, 0.717) is 41.7 Å². The van der Waals surface area contributed by atoms with Gasteiger partial charge in [0.2, 0.25) is 0 Å². The molecule has 0 spiro atoms. The van der Waals surface area contributed by atoms with Crippen molar-refractivity contribution in [1.82, 2.24) is 10.6 Å². The molecule has 2 aromatic rings. The van der Waals surface area contributed by atoms with E-state index >= 15 is 0 Å². The molecule has 1 aliphatic heterocycles. The third kappa shape index (κ3) is 5.61. The molecule has 0 fully saturated rings. The van der Waals surface area contributed by atoms with Crippen LogP contribution in [0.3, 0.4) is 0 Å². The second-order valence-corrected chi connectivity index (χ2v) is 7.04. The number of furan rings is 1. The van der Waals surface area contributed by atoms with Gasteiger partial charge in [-0.3, -0.25) is 4.99 Å². The summed E-state index contributed by atoms with van der Waals surface area (Å²) < 4.78 is 30.1. The van der Waals surface area contributed by atoms with Crippen molar-refractivity contribution in [3.63, 3.8) is 0 Å². The number of halogens is 2. The highest BCUT2D eigenvalue weighted by Gasteiger charge is 2.28. The number of benzene rings is 1. The highest BCUT2D eigenvalue weighted by Crippen LogP contribution is 2.29. The summed E-state index contributed by atoms with van der Waals surface area (Å²) in [5, 5.41) is 17.0. The number of nitrogens with zero attached hydrogens (tertiary/aromatic N) is 1. The van der Waals surface area contributed by atoms with Crippen LogP contribution in [0.4, 0.5) is 4.39 Å². The van der Waals surface area contributed by atoms with Crippen LogP contribution >= 0.6 is 24.0 Å². The van der Waals surface area contributed by atoms with E-state index in [-0.39, 0.29) is 43.1 Å². The number of hydrogen-bond donors (Lipinski definition) is 3. The number of hydrogen-bond acceptors (Lipinski definition) is 5. The van der Waals surface area contributed by atoms with Gasteiger partial charge < -0.3 is 29.6 Å². The van der Waals surface area contributed by atoms with Crippen LogP contribution in [0.15, 0.2) is 27.6 Å². The van der Waals surface area contributed by atoms with Gasteiger partial charge >= 0.3 is 0 Å². The van der Waals surface area contributed by atoms with Gasteiger partial charge in [0, 0.05) is 30.3 Å². The number of rotatable bonds is 5. The zero-order chi connectivity index (χ0) is 20.3. The number of aliphatic imine (C=N–C) groups is 1. The van der Waals surface area contributed by atoms with Gasteiger partial charge in [-0.25, -0.2) is 4.39 Å². The van der Waals surface area contributed by atoms with E-state index in [2.05, 4.69) is 15.6 Å². The topological polar surface area (TPSA) is 88.3 Å². The van der Waals surface area contributed by atoms with Crippen molar-refractivity contribution in [2.45, 2.75) is 39.5 Å². The summed E-state index contributed by atoms with van der Waals surface area (Å²) >= 11 is 0. The van der Waals surface area contributed by atoms with E-state index < -0.39 is 5.60 Å². The summed E-state index contributed by atoms with van der Waals surface area (Å²) in [5.41, 5.74) is 0.937. The monoisotopic (exact) mass is 519 g/mol. The van der Waals surface area contributed by atoms with Gasteiger partial charge in [0.15, 0.2) is 12.8 Å². The largest absolute Gasteiger partial charge is 0.467 e. The van der Waals surface area contributed by atoms with E-state index in [4.69, 9.17) is 13.9 Å². The molecule has 0 amide bonds. The Bertz CT molecular complexity index is 883. The maximum absolute atomic E-state index is 13.9. The predicted octanol–water partition coefficient (Wildman–Crippen LogP) is 3.09. The fourth-order valence-corrected chi connectivity index (χ4v) is 3.30. The van der Waals surface area contributed by atoms with Crippen LogP contribution in [0.25, 0.3) is 0 Å². The molecule has 2 heterocycles. The van der Waals surface area contributed by atoms with Crippen LogP contribution in [-0.4, -0.2) is 31.5 Å². The van der Waals surface area contributed by atoms with Gasteiger partial charge in [-0.15, -0.1) is 24.0 Å². The van der Waals surface area contributed by atoms with Crippen molar-refractivity contribution in [2.24, 2.45) is 4.99 Å². The Kier molecular flexibility index (Phi) is 7.89. The Hall–Kier alpha value is -1.85. The molecule has 0 aliphatic carbocycles. The van der Waals surface area contributed by atoms with Crippen molar-refractivity contribution in [1.29, 1.82) is 0 Å². The molecule has 3 N–H and O–H groups in total. The Labute approximate surface area is 186 Å². The average Bonchev–Trinajstić information content (AvgIpc) is 3.00. The van der Waals surface area contributed by atoms with Crippen molar-refractivity contribution in [2.75, 3.05) is 20.4 Å². The maximum Gasteiger partial charge on any atom is 0.191 e. The van der Waals surface area contributed by atoms with E-state index in [1.165, 1.54) is 12.1 Å². The maximum atomic E-state index is 13.9. The van der Waals surface area contributed by atoms with Gasteiger partial charge in [0.1, 0.15) is 28.7 Å². The Morgan fingerprint density at radius 3 is 2.69 bits per heavy atom. The molecule has 1 atom stereocenters. The first-order valence-corrected chi connectivity index (χ1v) is 9.06. The standard InChI is InChI=1S/C20H26FN3O4.HI/c1-12-5-17(13(2)28-12)20(3,25)10-24-19(22-4)23-8-14-6-16(21)7-15-9-26-11-27-18(14)15;/h5-7,25H,8-11H2,1-4H3,(H2,22,23,24);1H. The lowest BCUT2D eigenvalue weighted by molar-refractivity contribution is -0.0173. The first-order chi connectivity index (χ1) is 13.3. The molecule has 1 unspecified atom stereocenters. The van der Waals surface area contributed by atoms with Crippen molar-refractivity contribution in [3.05, 3.63) is 52.2 Å². The number of aryl methyl sites for hydroxylation is 2. The molecule has 7 nitrogen and oxygen atoms in total. The average molecular weight is 519 g/mol. The van der Waals surface area contributed by atoms with Gasteiger partial charge in [-0.05, 0) is 39.0 Å². The highest BCUT2D eigenvalue weighted by molar-refractivity contribution is 14.0. The number of aliphatic hydroxyl groups is 1. The SMILES string of the molecule is CN=C(NCc1cc(F)cc2c1OCOC2)NCC(C)(O)c1cc(C)oc1C.I. The summed E-state index contributed by atoms with van der Waals surface area (Å²) in [6, 6.07) is 4.67. The molecule has 0 radical (unpaired) electrons. The van der Waals surface area contributed by atoms with E-state index in [0.717, 1.165) is 11.3 Å². The molecule has 9 heteroatoms. The third-order valence-electron chi connectivity index (χ3n) is 4.64. The minimum atomic E-state index is -1.14. The minimum Gasteiger partial charge on any atom is -0.467 e. The third-order valence-corrected chi connectivity index (χ3v) is 4.64. The quantitative estimate of drug-likeness (QED) is 0.320. The van der Waals surface area contributed by atoms with Gasteiger partial charge in [0.25, 0.3) is 0 Å². The van der Waals surface area contributed by atoms with Gasteiger partial charge in [-0.2, -0.15) is 0 Å². The second-order valence-electron chi connectivity index (χ2n) is 7.04. The Balaban J connectivity index is 0.00000300. The number of nitrogens with one attached hydrogen (secondary N) is 2. The summed E-state index contributed by atoms with van der Waals surface area (Å²) in [4.78, 5) is 4.16. The lowest BCUT2D eigenvalue weighted by Crippen LogP contribution is -2.44. The van der Waals surface area contributed by atoms with E-state index in [1.807, 2.05) is 19.9 Å². The molecule has 29 heavy (non-hydrogen) atoms. The second kappa shape index (κ2) is 9.77. The molecule has 0 bridgehead atoms. The number of ether oxygens (including phenoxy) is 2. The lowest BCUT2D eigenvalue weighted by atomic mass is 9.96. The first-order valence-electron chi connectivity index (χ1n) is 9.06. The molecule has 3 rings (SSSR count). The van der Waals surface area contributed by atoms with Crippen LogP contribution < -0.4 is 15.4 Å². The zero-order valence-electron chi connectivity index (χ0n) is 17.0. The Morgan fingerprint density at radius 1 is 1.28 bits per heavy atom. The number of guanidine groups is 1. The minimum absolute atomic E-state index is 0. The Morgan fingerprint density at radius 2 is 2.03 bits per heavy atom. The van der Waals surface area contributed by atoms with E-state index in [9.17, 15) is 9.50 Å². The van der Waals surface area contributed by atoms with Crippen LogP contribution in [-0.2, 0) is 23.5 Å². The van der Waals surface area contributed by atoms with Gasteiger partial charge in [-0.1, -0.05) is 0 Å². The van der Waals surface area contributed by atoms with Crippen LogP contribution in [0.2, 0.25) is 0 Å². The predicted molar refractivity (Wildman–Crippen MR) is 118 cm³/mol. The normalized spacial score (nSPS) is 15.6. The van der Waals surface area contributed by atoms with E-state index in [1.54, 1.807) is 14.0 Å². The van der Waals surface area contributed by atoms with Crippen LogP contribution in [0, 0.1) is 19.7 Å². The first kappa shape index (κ1) is 23.4. The summed E-state index contributed by atoms with van der Waals surface area (Å²) in [6.07, 6.45) is 0. The van der Waals surface area contributed by atoms with Crippen molar-refractivity contribution in [3.8, 4) is 5.75 Å². The molecule has 160 valence electrons. The fourth-order valence-electron chi connectivity index (χ4n) is 3.30. The van der Waals surface area contributed by atoms with Crippen molar-refractivity contribution >= 4 is 29.9 Å². The number of fused-ring (bicyclic) bond motifs is 1. The summed E-state index contributed by atoms with van der Waals surface area (Å²) in [7, 11) is 1.63. The summed E-state index contributed by atoms with van der Waals surface area (Å²) in [5.74, 6) is 2.18. The van der Waals surface area contributed by atoms with Crippen LogP contribution in [0.1, 0.15) is 35.1 Å². The molecule has 0 saturated carbocycles. The van der Waals surface area contributed by atoms with Gasteiger partial charge in [0.05, 0.1) is 13.2 Å². The van der Waals surface area contributed by atoms with Crippen molar-refractivity contribution < 1.29 is 23.4 Å². The lowest BCUT2D eigenvalue weighted by Gasteiger charge is -2.25. The fraction of sp³-hybridized carbons (Fsp3) is 0.450. The highest BCUT2D eigenvalue weighted by atomic mass is 127. The molecule has 1 aliphatic rings. The smallest absolute Gasteiger partial charge is 0.191 e. The molecular formula is C20H27FIN3O4. The molecular weight excluding hydrogens is 492 g/mol. The molecule has 1 aromatic carbocycles. The van der Waals surface area contributed by atoms with Crippen LogP contribution in [0.5, 0.6) is 5.75 Å². The summed E-state index contributed by atoms with van der Waals surface area (Å²) in [6.45, 7) is 6.36. The zero-order valence-corrected chi connectivity index (χ0v) is 19.3. The molecule has 0 saturated heterocycles. The molecule has 1 aromatic heterocycles.